The van der Waals surface area contributed by atoms with Gasteiger partial charge >= 0.3 is 12.0 Å². The maximum absolute atomic E-state index is 12.5. The Labute approximate surface area is 187 Å². The van der Waals surface area contributed by atoms with E-state index in [9.17, 15) is 9.59 Å². The quantitative estimate of drug-likeness (QED) is 0.342. The van der Waals surface area contributed by atoms with Gasteiger partial charge in [0.1, 0.15) is 5.01 Å². The Morgan fingerprint density at radius 1 is 1.03 bits per heavy atom. The second-order valence-corrected chi connectivity index (χ2v) is 7.96. The first-order valence-corrected chi connectivity index (χ1v) is 10.7. The highest BCUT2D eigenvalue weighted by atomic mass is 35.5. The van der Waals surface area contributed by atoms with Crippen LogP contribution in [0.3, 0.4) is 0 Å². The van der Waals surface area contributed by atoms with Crippen LogP contribution in [-0.2, 0) is 4.74 Å². The van der Waals surface area contributed by atoms with Crippen molar-refractivity contribution in [2.45, 2.75) is 6.92 Å². The Kier molecular flexibility index (Phi) is 6.16. The number of nitrogens with zero attached hydrogens (tertiary/aromatic N) is 1. The van der Waals surface area contributed by atoms with Gasteiger partial charge in [-0.15, -0.1) is 11.3 Å². The number of rotatable bonds is 5. The van der Waals surface area contributed by atoms with Crippen LogP contribution in [0.15, 0.2) is 66.7 Å². The summed E-state index contributed by atoms with van der Waals surface area (Å²) in [4.78, 5) is 29.2. The first-order valence-electron chi connectivity index (χ1n) is 9.55. The highest BCUT2D eigenvalue weighted by molar-refractivity contribution is 7.21. The van der Waals surface area contributed by atoms with Crippen molar-refractivity contribution >= 4 is 56.5 Å². The number of hydrogen-bond acceptors (Lipinski definition) is 5. The molecule has 3 aromatic carbocycles. The van der Waals surface area contributed by atoms with Crippen LogP contribution < -0.4 is 10.6 Å². The summed E-state index contributed by atoms with van der Waals surface area (Å²) in [6.07, 6.45) is 0. The lowest BCUT2D eigenvalue weighted by Gasteiger charge is -2.12. The molecule has 0 aliphatic rings. The number of urea groups is 1. The summed E-state index contributed by atoms with van der Waals surface area (Å²) in [5, 5.41) is 6.70. The van der Waals surface area contributed by atoms with Gasteiger partial charge in [-0.05, 0) is 49.4 Å². The molecule has 0 saturated carbocycles. The second-order valence-electron chi connectivity index (χ2n) is 6.53. The van der Waals surface area contributed by atoms with Crippen molar-refractivity contribution in [3.63, 3.8) is 0 Å². The molecule has 156 valence electrons. The van der Waals surface area contributed by atoms with Gasteiger partial charge in [0.2, 0.25) is 0 Å². The number of esters is 1. The van der Waals surface area contributed by atoms with Crippen LogP contribution in [0, 0.1) is 0 Å². The average Bonchev–Trinajstić information content (AvgIpc) is 3.18. The number of thiazole rings is 1. The summed E-state index contributed by atoms with van der Waals surface area (Å²) in [5.41, 5.74) is 2.86. The monoisotopic (exact) mass is 451 g/mol. The van der Waals surface area contributed by atoms with Gasteiger partial charge in [-0.1, -0.05) is 35.9 Å². The molecule has 1 aromatic heterocycles. The number of carbonyl (C=O) groups is 2. The fraction of sp³-hybridized carbons (Fsp3) is 0.0870. The van der Waals surface area contributed by atoms with Crippen LogP contribution in [0.1, 0.15) is 17.3 Å². The van der Waals surface area contributed by atoms with Crippen molar-refractivity contribution in [1.29, 1.82) is 0 Å². The third kappa shape index (κ3) is 4.68. The Morgan fingerprint density at radius 3 is 2.58 bits per heavy atom. The van der Waals surface area contributed by atoms with E-state index in [0.29, 0.717) is 16.4 Å². The largest absolute Gasteiger partial charge is 0.462 e. The first-order chi connectivity index (χ1) is 15.0. The SMILES string of the molecule is CCOC(=O)c1ccccc1NC(=O)Nc1ccc(-c2nc3ccccc3s2)c(Cl)c1. The van der Waals surface area contributed by atoms with Crippen LogP contribution in [0.25, 0.3) is 20.8 Å². The van der Waals surface area contributed by atoms with Gasteiger partial charge in [-0.25, -0.2) is 14.6 Å². The normalized spacial score (nSPS) is 10.6. The molecular formula is C23H18ClN3O3S. The number of ether oxygens (including phenoxy) is 1. The molecule has 2 N–H and O–H groups in total. The predicted molar refractivity (Wildman–Crippen MR) is 125 cm³/mol. The minimum absolute atomic E-state index is 0.249. The number of carbonyl (C=O) groups excluding carboxylic acids is 2. The van der Waals surface area contributed by atoms with E-state index in [1.165, 1.54) is 0 Å². The molecule has 0 radical (unpaired) electrons. The molecule has 0 saturated heterocycles. The van der Waals surface area contributed by atoms with Crippen LogP contribution in [0.4, 0.5) is 16.2 Å². The molecule has 4 rings (SSSR count). The van der Waals surface area contributed by atoms with E-state index >= 15 is 0 Å². The number of nitrogens with one attached hydrogen (secondary N) is 2. The molecule has 8 heteroatoms. The minimum atomic E-state index is -0.499. The lowest BCUT2D eigenvalue weighted by Crippen LogP contribution is -2.21. The molecule has 0 bridgehead atoms. The van der Waals surface area contributed by atoms with Crippen molar-refractivity contribution < 1.29 is 14.3 Å². The van der Waals surface area contributed by atoms with Gasteiger partial charge in [-0.2, -0.15) is 0 Å². The van der Waals surface area contributed by atoms with Crippen LogP contribution in [0.5, 0.6) is 0 Å². The van der Waals surface area contributed by atoms with Crippen molar-refractivity contribution in [2.24, 2.45) is 0 Å². The molecule has 4 aromatic rings. The Hall–Kier alpha value is -3.42. The number of benzene rings is 3. The maximum Gasteiger partial charge on any atom is 0.340 e. The number of amides is 2. The summed E-state index contributed by atoms with van der Waals surface area (Å²) >= 11 is 8.03. The third-order valence-electron chi connectivity index (χ3n) is 4.42. The van der Waals surface area contributed by atoms with E-state index in [-0.39, 0.29) is 12.2 Å². The Bertz CT molecular complexity index is 1240. The zero-order valence-corrected chi connectivity index (χ0v) is 18.1. The molecule has 0 unspecified atom stereocenters. The molecule has 31 heavy (non-hydrogen) atoms. The summed E-state index contributed by atoms with van der Waals surface area (Å²) in [7, 11) is 0. The van der Waals surface area contributed by atoms with E-state index < -0.39 is 12.0 Å². The zero-order chi connectivity index (χ0) is 21.8. The highest BCUT2D eigenvalue weighted by Crippen LogP contribution is 2.35. The molecule has 6 nitrogen and oxygen atoms in total. The van der Waals surface area contributed by atoms with Crippen molar-refractivity contribution in [3.8, 4) is 10.6 Å². The van der Waals surface area contributed by atoms with Crippen LogP contribution in [0.2, 0.25) is 5.02 Å². The molecule has 0 aliphatic heterocycles. The maximum atomic E-state index is 12.5. The molecule has 0 fully saturated rings. The highest BCUT2D eigenvalue weighted by Gasteiger charge is 2.15. The first kappa shape index (κ1) is 20.8. The topological polar surface area (TPSA) is 80.3 Å². The number of anilines is 2. The van der Waals surface area contributed by atoms with E-state index in [1.54, 1.807) is 54.7 Å². The number of halogens is 1. The van der Waals surface area contributed by atoms with Gasteiger partial charge in [0, 0.05) is 11.3 Å². The van der Waals surface area contributed by atoms with Crippen LogP contribution >= 0.6 is 22.9 Å². The summed E-state index contributed by atoms with van der Waals surface area (Å²) < 4.78 is 6.11. The number of fused-ring (bicyclic) bond motifs is 1. The Balaban J connectivity index is 1.50. The van der Waals surface area contributed by atoms with E-state index in [2.05, 4.69) is 15.6 Å². The Morgan fingerprint density at radius 2 is 1.81 bits per heavy atom. The van der Waals surface area contributed by atoms with Crippen molar-refractivity contribution in [2.75, 3.05) is 17.2 Å². The number of aromatic nitrogens is 1. The molecule has 0 spiro atoms. The second kappa shape index (κ2) is 9.16. The molecule has 0 aliphatic carbocycles. The lowest BCUT2D eigenvalue weighted by molar-refractivity contribution is 0.0527. The minimum Gasteiger partial charge on any atom is -0.462 e. The molecule has 1 heterocycles. The number of hydrogen-bond donors (Lipinski definition) is 2. The molecular weight excluding hydrogens is 434 g/mol. The fourth-order valence-electron chi connectivity index (χ4n) is 3.02. The summed E-state index contributed by atoms with van der Waals surface area (Å²) in [6, 6.07) is 19.3. The van der Waals surface area contributed by atoms with Gasteiger partial charge in [0.05, 0.1) is 33.1 Å². The zero-order valence-electron chi connectivity index (χ0n) is 16.5. The van der Waals surface area contributed by atoms with E-state index in [1.807, 2.05) is 30.3 Å². The van der Waals surface area contributed by atoms with Crippen LogP contribution in [-0.4, -0.2) is 23.6 Å². The number of para-hydroxylation sites is 2. The summed E-state index contributed by atoms with van der Waals surface area (Å²) in [5.74, 6) is -0.498. The van der Waals surface area contributed by atoms with E-state index in [0.717, 1.165) is 20.8 Å². The summed E-state index contributed by atoms with van der Waals surface area (Å²) in [6.45, 7) is 1.97. The fourth-order valence-corrected chi connectivity index (χ4v) is 4.35. The molecule has 2 amide bonds. The van der Waals surface area contributed by atoms with Gasteiger partial charge in [0.15, 0.2) is 0 Å². The smallest absolute Gasteiger partial charge is 0.340 e. The molecule has 0 atom stereocenters. The van der Waals surface area contributed by atoms with Crippen molar-refractivity contribution in [1.82, 2.24) is 4.98 Å². The standard InChI is InChI=1S/C23H18ClN3O3S/c1-2-30-22(28)16-7-3-4-8-18(16)27-23(29)25-14-11-12-15(17(24)13-14)21-26-19-9-5-6-10-20(19)31-21/h3-13H,2H2,1H3,(H2,25,27,29). The average molecular weight is 452 g/mol. The van der Waals surface area contributed by atoms with Gasteiger partial charge < -0.3 is 15.4 Å². The van der Waals surface area contributed by atoms with Crippen molar-refractivity contribution in [3.05, 3.63) is 77.3 Å². The van der Waals surface area contributed by atoms with Gasteiger partial charge in [0.25, 0.3) is 0 Å². The lowest BCUT2D eigenvalue weighted by atomic mass is 10.2. The van der Waals surface area contributed by atoms with Gasteiger partial charge in [-0.3, -0.25) is 0 Å². The van der Waals surface area contributed by atoms with E-state index in [4.69, 9.17) is 16.3 Å². The predicted octanol–water partition coefficient (Wildman–Crippen LogP) is 6.44. The third-order valence-corrected chi connectivity index (χ3v) is 5.80.